The first-order chi connectivity index (χ1) is 7.70. The van der Waals surface area contributed by atoms with Crippen LogP contribution in [0.2, 0.25) is 0 Å². The van der Waals surface area contributed by atoms with E-state index in [1.54, 1.807) is 0 Å². The van der Waals surface area contributed by atoms with Gasteiger partial charge in [-0.15, -0.1) is 0 Å². The lowest BCUT2D eigenvalue weighted by atomic mass is 9.88. The Balaban J connectivity index is 2.30. The number of fused-ring (bicyclic) bond motifs is 1. The zero-order chi connectivity index (χ0) is 11.5. The molecule has 1 heterocycles. The first-order valence-electron chi connectivity index (χ1n) is 6.09. The van der Waals surface area contributed by atoms with Crippen LogP contribution in [0, 0.1) is 5.92 Å². The van der Waals surface area contributed by atoms with Crippen molar-refractivity contribution in [2.45, 2.75) is 39.5 Å². The van der Waals surface area contributed by atoms with Gasteiger partial charge in [0.15, 0.2) is 0 Å². The van der Waals surface area contributed by atoms with Gasteiger partial charge in [-0.05, 0) is 31.6 Å². The zero-order valence-corrected chi connectivity index (χ0v) is 10.1. The summed E-state index contributed by atoms with van der Waals surface area (Å²) < 4.78 is 0. The van der Waals surface area contributed by atoms with Gasteiger partial charge < -0.3 is 11.1 Å². The van der Waals surface area contributed by atoms with E-state index in [1.807, 2.05) is 0 Å². The molecule has 0 radical (unpaired) electrons. The van der Waals surface area contributed by atoms with Crippen LogP contribution in [0.5, 0.6) is 0 Å². The van der Waals surface area contributed by atoms with Crippen LogP contribution in [0.15, 0.2) is 0 Å². The van der Waals surface area contributed by atoms with Crippen LogP contribution < -0.4 is 11.1 Å². The van der Waals surface area contributed by atoms with Gasteiger partial charge in [0, 0.05) is 12.1 Å². The minimum atomic E-state index is 0.395. The third-order valence-corrected chi connectivity index (χ3v) is 3.08. The maximum atomic E-state index is 5.74. The second kappa shape index (κ2) is 4.68. The average molecular weight is 220 g/mol. The van der Waals surface area contributed by atoms with Crippen molar-refractivity contribution in [1.82, 2.24) is 9.97 Å². The van der Waals surface area contributed by atoms with Crippen molar-refractivity contribution in [3.63, 3.8) is 0 Å². The third-order valence-electron chi connectivity index (χ3n) is 3.08. The van der Waals surface area contributed by atoms with Gasteiger partial charge in [0.05, 0.1) is 5.69 Å². The van der Waals surface area contributed by atoms with Crippen LogP contribution in [0.3, 0.4) is 0 Å². The van der Waals surface area contributed by atoms with Crippen molar-refractivity contribution < 1.29 is 0 Å². The van der Waals surface area contributed by atoms with E-state index in [0.717, 1.165) is 37.3 Å². The van der Waals surface area contributed by atoms with E-state index in [1.165, 1.54) is 12.0 Å². The summed E-state index contributed by atoms with van der Waals surface area (Å²) in [6.07, 6.45) is 4.42. The number of nitrogens with one attached hydrogen (secondary N) is 1. The van der Waals surface area contributed by atoms with Crippen molar-refractivity contribution in [3.8, 4) is 0 Å². The molecule has 88 valence electrons. The second-order valence-electron chi connectivity index (χ2n) is 4.63. The van der Waals surface area contributed by atoms with Gasteiger partial charge in [0.1, 0.15) is 5.82 Å². The molecule has 3 N–H and O–H groups in total. The Morgan fingerprint density at radius 2 is 2.25 bits per heavy atom. The molecule has 4 heteroatoms. The minimum absolute atomic E-state index is 0.395. The Bertz CT molecular complexity index is 376. The maximum Gasteiger partial charge on any atom is 0.222 e. The summed E-state index contributed by atoms with van der Waals surface area (Å²) in [4.78, 5) is 8.66. The molecular formula is C12H20N4. The second-order valence-corrected chi connectivity index (χ2v) is 4.63. The normalized spacial score (nSPS) is 19.2. The van der Waals surface area contributed by atoms with Gasteiger partial charge >= 0.3 is 0 Å². The van der Waals surface area contributed by atoms with Gasteiger partial charge in [-0.3, -0.25) is 0 Å². The molecule has 0 aliphatic heterocycles. The number of nitrogens with zero attached hydrogens (tertiary/aromatic N) is 2. The van der Waals surface area contributed by atoms with Crippen LogP contribution in [0.4, 0.5) is 11.8 Å². The van der Waals surface area contributed by atoms with Gasteiger partial charge in [0.2, 0.25) is 5.95 Å². The number of aromatic nitrogens is 2. The molecule has 1 aromatic heterocycles. The van der Waals surface area contributed by atoms with Gasteiger partial charge in [0.25, 0.3) is 0 Å². The predicted octanol–water partition coefficient (Wildman–Crippen LogP) is 2.01. The molecular weight excluding hydrogens is 200 g/mol. The van der Waals surface area contributed by atoms with Crippen LogP contribution in [-0.2, 0) is 12.8 Å². The smallest absolute Gasteiger partial charge is 0.222 e. The fourth-order valence-electron chi connectivity index (χ4n) is 2.19. The molecule has 2 rings (SSSR count). The van der Waals surface area contributed by atoms with E-state index in [-0.39, 0.29) is 0 Å². The molecule has 4 nitrogen and oxygen atoms in total. The van der Waals surface area contributed by atoms with E-state index in [9.17, 15) is 0 Å². The summed E-state index contributed by atoms with van der Waals surface area (Å²) in [5.74, 6) is 2.06. The molecule has 0 bridgehead atoms. The molecule has 1 aromatic rings. The highest BCUT2D eigenvalue weighted by atomic mass is 15.1. The minimum Gasteiger partial charge on any atom is -0.370 e. The standard InChI is InChI=1S/C12H20N4/c1-3-6-14-11-9-5-4-8(2)7-10(9)15-12(13)16-11/h8H,3-7H2,1-2H3,(H3,13,14,15,16). The Hall–Kier alpha value is -1.32. The van der Waals surface area contributed by atoms with Crippen LogP contribution in [0.25, 0.3) is 0 Å². The highest BCUT2D eigenvalue weighted by Crippen LogP contribution is 2.28. The summed E-state index contributed by atoms with van der Waals surface area (Å²) in [5.41, 5.74) is 8.16. The molecule has 0 aromatic carbocycles. The Kier molecular flexibility index (Phi) is 3.27. The Morgan fingerprint density at radius 3 is 3.00 bits per heavy atom. The zero-order valence-electron chi connectivity index (χ0n) is 10.1. The average Bonchev–Trinajstić information content (AvgIpc) is 2.25. The predicted molar refractivity (Wildman–Crippen MR) is 66.4 cm³/mol. The third kappa shape index (κ3) is 2.26. The summed E-state index contributed by atoms with van der Waals surface area (Å²) in [6, 6.07) is 0. The van der Waals surface area contributed by atoms with Crippen LogP contribution in [0.1, 0.15) is 37.9 Å². The highest BCUT2D eigenvalue weighted by molar-refractivity contribution is 5.50. The number of nitrogen functional groups attached to an aromatic ring is 1. The highest BCUT2D eigenvalue weighted by Gasteiger charge is 2.20. The first-order valence-corrected chi connectivity index (χ1v) is 6.09. The van der Waals surface area contributed by atoms with Crippen LogP contribution >= 0.6 is 0 Å². The van der Waals surface area contributed by atoms with Crippen molar-refractivity contribution >= 4 is 11.8 Å². The molecule has 0 amide bonds. The fraction of sp³-hybridized carbons (Fsp3) is 0.667. The fourth-order valence-corrected chi connectivity index (χ4v) is 2.19. The van der Waals surface area contributed by atoms with Crippen molar-refractivity contribution in [3.05, 3.63) is 11.3 Å². The molecule has 1 atom stereocenters. The molecule has 0 fully saturated rings. The lowest BCUT2D eigenvalue weighted by molar-refractivity contribution is 0.492. The molecule has 1 unspecified atom stereocenters. The lowest BCUT2D eigenvalue weighted by Crippen LogP contribution is -2.18. The van der Waals surface area contributed by atoms with E-state index in [0.29, 0.717) is 11.9 Å². The number of hydrogen-bond acceptors (Lipinski definition) is 4. The van der Waals surface area contributed by atoms with E-state index < -0.39 is 0 Å². The van der Waals surface area contributed by atoms with E-state index >= 15 is 0 Å². The summed E-state index contributed by atoms with van der Waals surface area (Å²) in [6.45, 7) is 5.35. The van der Waals surface area contributed by atoms with Crippen LogP contribution in [-0.4, -0.2) is 16.5 Å². The van der Waals surface area contributed by atoms with Gasteiger partial charge in [-0.1, -0.05) is 13.8 Å². The first kappa shape index (κ1) is 11.2. The lowest BCUT2D eigenvalue weighted by Gasteiger charge is -2.23. The largest absolute Gasteiger partial charge is 0.370 e. The Morgan fingerprint density at radius 1 is 1.44 bits per heavy atom. The number of nitrogens with two attached hydrogens (primary N) is 1. The molecule has 1 aliphatic carbocycles. The van der Waals surface area contributed by atoms with Crippen molar-refractivity contribution in [2.75, 3.05) is 17.6 Å². The topological polar surface area (TPSA) is 63.8 Å². The van der Waals surface area contributed by atoms with Crippen molar-refractivity contribution in [1.29, 1.82) is 0 Å². The van der Waals surface area contributed by atoms with Crippen molar-refractivity contribution in [2.24, 2.45) is 5.92 Å². The van der Waals surface area contributed by atoms with E-state index in [2.05, 4.69) is 29.1 Å². The monoisotopic (exact) mass is 220 g/mol. The molecule has 1 aliphatic rings. The summed E-state index contributed by atoms with van der Waals surface area (Å²) >= 11 is 0. The summed E-state index contributed by atoms with van der Waals surface area (Å²) in [7, 11) is 0. The number of anilines is 2. The van der Waals surface area contributed by atoms with E-state index in [4.69, 9.17) is 5.73 Å². The van der Waals surface area contributed by atoms with Gasteiger partial charge in [-0.2, -0.15) is 4.98 Å². The number of rotatable bonds is 3. The Labute approximate surface area is 96.7 Å². The quantitative estimate of drug-likeness (QED) is 0.818. The maximum absolute atomic E-state index is 5.74. The molecule has 0 saturated heterocycles. The molecule has 0 saturated carbocycles. The SMILES string of the molecule is CCCNc1nc(N)nc2c1CCC(C)C2. The number of hydrogen-bond donors (Lipinski definition) is 2. The molecule has 16 heavy (non-hydrogen) atoms. The molecule has 0 spiro atoms. The van der Waals surface area contributed by atoms with Gasteiger partial charge in [-0.25, -0.2) is 4.98 Å². The summed E-state index contributed by atoms with van der Waals surface area (Å²) in [5, 5.41) is 3.35.